The van der Waals surface area contributed by atoms with Crippen LogP contribution in [0.4, 0.5) is 5.13 Å². The summed E-state index contributed by atoms with van der Waals surface area (Å²) in [4.78, 5) is 3.99. The van der Waals surface area contributed by atoms with Crippen LogP contribution in [0.1, 0.15) is 6.92 Å². The summed E-state index contributed by atoms with van der Waals surface area (Å²) >= 11 is 1.30. The van der Waals surface area contributed by atoms with Gasteiger partial charge < -0.3 is 10.1 Å². The molecule has 56 valence electrons. The Morgan fingerprint density at radius 3 is 3.00 bits per heavy atom. The van der Waals surface area contributed by atoms with Gasteiger partial charge in [0.2, 0.25) is 5.13 Å². The molecule has 1 heterocycles. The Labute approximate surface area is 63.4 Å². The van der Waals surface area contributed by atoms with Crippen LogP contribution < -0.4 is 10.1 Å². The van der Waals surface area contributed by atoms with E-state index in [0.29, 0.717) is 6.01 Å². The lowest BCUT2D eigenvalue weighted by Gasteiger charge is -1.91. The van der Waals surface area contributed by atoms with Crippen LogP contribution in [0.3, 0.4) is 0 Å². The van der Waals surface area contributed by atoms with Crippen molar-refractivity contribution in [3.8, 4) is 6.01 Å². The normalized spacial score (nSPS) is 9.40. The molecule has 0 unspecified atom stereocenters. The summed E-state index contributed by atoms with van der Waals surface area (Å²) in [7, 11) is 1.55. The Bertz CT molecular complexity index is 201. The Kier molecular flexibility index (Phi) is 2.44. The molecule has 0 aliphatic carbocycles. The lowest BCUT2D eigenvalue weighted by atomic mass is 10.8. The Morgan fingerprint density at radius 1 is 1.70 bits per heavy atom. The summed E-state index contributed by atoms with van der Waals surface area (Å²) < 4.78 is 8.69. The summed E-state index contributed by atoms with van der Waals surface area (Å²) in [5, 5.41) is 3.83. The molecule has 0 aliphatic heterocycles. The third kappa shape index (κ3) is 1.57. The highest BCUT2D eigenvalue weighted by atomic mass is 32.1. The summed E-state index contributed by atoms with van der Waals surface area (Å²) in [6, 6.07) is 0.431. The molecular formula is C5H9N3OS. The van der Waals surface area contributed by atoms with Crippen LogP contribution in [0.15, 0.2) is 0 Å². The van der Waals surface area contributed by atoms with Gasteiger partial charge in [-0.15, -0.1) is 4.37 Å². The molecule has 0 saturated carbocycles. The summed E-state index contributed by atoms with van der Waals surface area (Å²) in [6.45, 7) is 2.87. The van der Waals surface area contributed by atoms with Gasteiger partial charge in [-0.3, -0.25) is 0 Å². The third-order valence-corrected chi connectivity index (χ3v) is 1.57. The van der Waals surface area contributed by atoms with Gasteiger partial charge in [-0.2, -0.15) is 4.98 Å². The second-order valence-corrected chi connectivity index (χ2v) is 2.37. The van der Waals surface area contributed by atoms with E-state index in [1.165, 1.54) is 11.5 Å². The highest BCUT2D eigenvalue weighted by molar-refractivity contribution is 7.09. The van der Waals surface area contributed by atoms with E-state index in [0.717, 1.165) is 11.7 Å². The van der Waals surface area contributed by atoms with Gasteiger partial charge >= 0.3 is 6.01 Å². The SMILES string of the molecule is CCNc1nc(OC)ns1. The van der Waals surface area contributed by atoms with Crippen molar-refractivity contribution in [2.45, 2.75) is 6.92 Å². The van der Waals surface area contributed by atoms with E-state index in [1.54, 1.807) is 7.11 Å². The summed E-state index contributed by atoms with van der Waals surface area (Å²) in [6.07, 6.45) is 0. The number of hydrogen-bond donors (Lipinski definition) is 1. The first-order chi connectivity index (χ1) is 4.86. The molecule has 0 aliphatic rings. The second-order valence-electron chi connectivity index (χ2n) is 1.62. The van der Waals surface area contributed by atoms with Crippen molar-refractivity contribution < 1.29 is 4.74 Å². The minimum absolute atomic E-state index is 0.431. The lowest BCUT2D eigenvalue weighted by molar-refractivity contribution is 0.386. The van der Waals surface area contributed by atoms with Gasteiger partial charge in [0.25, 0.3) is 0 Å². The highest BCUT2D eigenvalue weighted by Crippen LogP contribution is 2.14. The molecule has 0 spiro atoms. The van der Waals surface area contributed by atoms with E-state index < -0.39 is 0 Å². The first-order valence-electron chi connectivity index (χ1n) is 2.98. The van der Waals surface area contributed by atoms with Crippen LogP contribution in [0.25, 0.3) is 0 Å². The average molecular weight is 159 g/mol. The van der Waals surface area contributed by atoms with Crippen molar-refractivity contribution in [1.82, 2.24) is 9.36 Å². The zero-order valence-corrected chi connectivity index (χ0v) is 6.73. The van der Waals surface area contributed by atoms with E-state index in [4.69, 9.17) is 4.74 Å². The quantitative estimate of drug-likeness (QED) is 0.714. The van der Waals surface area contributed by atoms with Crippen molar-refractivity contribution in [1.29, 1.82) is 0 Å². The molecule has 0 atom stereocenters. The fourth-order valence-electron chi connectivity index (χ4n) is 0.516. The van der Waals surface area contributed by atoms with Crippen molar-refractivity contribution >= 4 is 16.7 Å². The monoisotopic (exact) mass is 159 g/mol. The molecule has 1 aromatic heterocycles. The van der Waals surface area contributed by atoms with Gasteiger partial charge in [0.05, 0.1) is 7.11 Å². The molecule has 0 radical (unpaired) electrons. The molecule has 0 bridgehead atoms. The van der Waals surface area contributed by atoms with Crippen molar-refractivity contribution in [2.24, 2.45) is 0 Å². The third-order valence-electron chi connectivity index (χ3n) is 0.918. The van der Waals surface area contributed by atoms with E-state index >= 15 is 0 Å². The number of nitrogens with one attached hydrogen (secondary N) is 1. The maximum Gasteiger partial charge on any atom is 0.329 e. The van der Waals surface area contributed by atoms with Gasteiger partial charge in [-0.05, 0) is 6.92 Å². The maximum absolute atomic E-state index is 4.79. The molecule has 1 rings (SSSR count). The molecular weight excluding hydrogens is 150 g/mol. The topological polar surface area (TPSA) is 47.0 Å². The zero-order valence-electron chi connectivity index (χ0n) is 5.92. The summed E-state index contributed by atoms with van der Waals surface area (Å²) in [5.41, 5.74) is 0. The predicted molar refractivity (Wildman–Crippen MR) is 40.6 cm³/mol. The first-order valence-corrected chi connectivity index (χ1v) is 3.75. The first kappa shape index (κ1) is 7.27. The molecule has 0 saturated heterocycles. The van der Waals surface area contributed by atoms with E-state index in [9.17, 15) is 0 Å². The number of nitrogens with zero attached hydrogens (tertiary/aromatic N) is 2. The van der Waals surface area contributed by atoms with Crippen molar-refractivity contribution in [3.05, 3.63) is 0 Å². The smallest absolute Gasteiger partial charge is 0.329 e. The molecule has 0 amide bonds. The van der Waals surface area contributed by atoms with Gasteiger partial charge in [0.1, 0.15) is 0 Å². The number of methoxy groups -OCH3 is 1. The van der Waals surface area contributed by atoms with Gasteiger partial charge in [-0.25, -0.2) is 0 Å². The van der Waals surface area contributed by atoms with E-state index in [2.05, 4.69) is 14.7 Å². The molecule has 1 N–H and O–H groups in total. The number of anilines is 1. The Hall–Kier alpha value is -0.840. The second kappa shape index (κ2) is 3.36. The molecule has 4 nitrogen and oxygen atoms in total. The summed E-state index contributed by atoms with van der Waals surface area (Å²) in [5.74, 6) is 0. The van der Waals surface area contributed by atoms with E-state index in [1.807, 2.05) is 6.92 Å². The molecule has 1 aromatic rings. The van der Waals surface area contributed by atoms with Crippen LogP contribution in [0.2, 0.25) is 0 Å². The van der Waals surface area contributed by atoms with Gasteiger partial charge in [0, 0.05) is 18.1 Å². The Balaban J connectivity index is 2.59. The number of hydrogen-bond acceptors (Lipinski definition) is 5. The van der Waals surface area contributed by atoms with Crippen LogP contribution >= 0.6 is 11.5 Å². The number of aromatic nitrogens is 2. The largest absolute Gasteiger partial charge is 0.466 e. The van der Waals surface area contributed by atoms with Crippen molar-refractivity contribution in [2.75, 3.05) is 19.0 Å². The van der Waals surface area contributed by atoms with Gasteiger partial charge in [-0.1, -0.05) is 0 Å². The standard InChI is InChI=1S/C5H9N3OS/c1-3-6-5-7-4(9-2)8-10-5/h3H2,1-2H3,(H,6,7,8). The maximum atomic E-state index is 4.79. The predicted octanol–water partition coefficient (Wildman–Crippen LogP) is 0.978. The van der Waals surface area contributed by atoms with Crippen LogP contribution in [-0.4, -0.2) is 23.0 Å². The Morgan fingerprint density at radius 2 is 2.50 bits per heavy atom. The van der Waals surface area contributed by atoms with Crippen LogP contribution in [0.5, 0.6) is 6.01 Å². The van der Waals surface area contributed by atoms with Crippen molar-refractivity contribution in [3.63, 3.8) is 0 Å². The van der Waals surface area contributed by atoms with E-state index in [-0.39, 0.29) is 0 Å². The average Bonchev–Trinajstić information content (AvgIpc) is 2.37. The van der Waals surface area contributed by atoms with Crippen LogP contribution in [-0.2, 0) is 0 Å². The highest BCUT2D eigenvalue weighted by Gasteiger charge is 1.99. The fourth-order valence-corrected chi connectivity index (χ4v) is 1.12. The minimum Gasteiger partial charge on any atom is -0.466 e. The minimum atomic E-state index is 0.431. The van der Waals surface area contributed by atoms with Crippen LogP contribution in [0, 0.1) is 0 Å². The van der Waals surface area contributed by atoms with Gasteiger partial charge in [0.15, 0.2) is 0 Å². The number of rotatable bonds is 3. The molecule has 0 fully saturated rings. The molecule has 0 aromatic carbocycles. The zero-order chi connectivity index (χ0) is 7.40. The number of ether oxygens (including phenoxy) is 1. The lowest BCUT2D eigenvalue weighted by Crippen LogP contribution is -1.95. The molecule has 10 heavy (non-hydrogen) atoms. The molecule has 5 heteroatoms. The fraction of sp³-hybridized carbons (Fsp3) is 0.600.